The maximum Gasteiger partial charge on any atom is 0.226 e. The third-order valence-corrected chi connectivity index (χ3v) is 5.12. The number of nitrogens with zero attached hydrogens (tertiary/aromatic N) is 1. The molecule has 0 spiro atoms. The lowest BCUT2D eigenvalue weighted by molar-refractivity contribution is -0.120. The molecule has 0 unspecified atom stereocenters. The van der Waals surface area contributed by atoms with Crippen molar-refractivity contribution >= 4 is 22.9 Å². The van der Waals surface area contributed by atoms with Crippen LogP contribution in [0.4, 0.5) is 5.69 Å². The van der Waals surface area contributed by atoms with Gasteiger partial charge in [0, 0.05) is 36.7 Å². The molecular formula is C18H25N3O2S. The fraction of sp³-hybridized carbons (Fsp3) is 0.444. The molecule has 0 saturated carbocycles. The number of anilines is 1. The Morgan fingerprint density at radius 1 is 1.33 bits per heavy atom. The Morgan fingerprint density at radius 3 is 2.71 bits per heavy atom. The molecule has 6 heteroatoms. The molecule has 1 aromatic heterocycles. The van der Waals surface area contributed by atoms with E-state index in [0.717, 1.165) is 28.4 Å². The third-order valence-electron chi connectivity index (χ3n) is 3.91. The number of nitrogens with two attached hydrogens (primary N) is 1. The number of aromatic nitrogens is 1. The molecule has 5 nitrogen and oxygen atoms in total. The van der Waals surface area contributed by atoms with Gasteiger partial charge in [0.2, 0.25) is 5.91 Å². The van der Waals surface area contributed by atoms with Crippen LogP contribution in [0.1, 0.15) is 36.5 Å². The number of nitrogen functional groups attached to an aromatic ring is 1. The van der Waals surface area contributed by atoms with E-state index in [2.05, 4.69) is 24.1 Å². The molecule has 24 heavy (non-hydrogen) atoms. The van der Waals surface area contributed by atoms with Gasteiger partial charge in [-0.25, -0.2) is 4.98 Å². The van der Waals surface area contributed by atoms with Crippen molar-refractivity contribution in [1.29, 1.82) is 0 Å². The Hall–Kier alpha value is -1.92. The molecule has 1 aromatic carbocycles. The number of nitrogens with one attached hydrogen (secondary N) is 1. The molecule has 0 bridgehead atoms. The van der Waals surface area contributed by atoms with E-state index in [1.807, 2.05) is 29.6 Å². The summed E-state index contributed by atoms with van der Waals surface area (Å²) in [6.45, 7) is 5.54. The predicted octanol–water partition coefficient (Wildman–Crippen LogP) is 2.75. The summed E-state index contributed by atoms with van der Waals surface area (Å²) in [5, 5.41) is 5.84. The van der Waals surface area contributed by atoms with E-state index in [9.17, 15) is 4.79 Å². The average molecular weight is 347 g/mol. The molecule has 0 atom stereocenters. The summed E-state index contributed by atoms with van der Waals surface area (Å²) in [5.41, 5.74) is 8.26. The molecule has 0 radical (unpaired) electrons. The van der Waals surface area contributed by atoms with Crippen molar-refractivity contribution < 1.29 is 9.53 Å². The van der Waals surface area contributed by atoms with E-state index in [1.165, 1.54) is 0 Å². The number of hydrogen-bond donors (Lipinski definition) is 2. The maximum atomic E-state index is 11.9. The van der Waals surface area contributed by atoms with Crippen LogP contribution in [0.15, 0.2) is 29.6 Å². The number of rotatable bonds is 8. The Balaban J connectivity index is 1.99. The Kier molecular flexibility index (Phi) is 6.34. The van der Waals surface area contributed by atoms with Gasteiger partial charge in [0.1, 0.15) is 5.01 Å². The lowest BCUT2D eigenvalue weighted by Gasteiger charge is -2.22. The molecular weight excluding hydrogens is 322 g/mol. The van der Waals surface area contributed by atoms with Crippen molar-refractivity contribution in [2.45, 2.75) is 32.1 Å². The van der Waals surface area contributed by atoms with Gasteiger partial charge in [0.15, 0.2) is 0 Å². The van der Waals surface area contributed by atoms with Crippen molar-refractivity contribution in [1.82, 2.24) is 10.3 Å². The molecule has 1 heterocycles. The molecule has 0 aliphatic heterocycles. The van der Waals surface area contributed by atoms with Gasteiger partial charge in [-0.15, -0.1) is 11.3 Å². The Morgan fingerprint density at radius 2 is 2.04 bits per heavy atom. The van der Waals surface area contributed by atoms with Gasteiger partial charge in [-0.3, -0.25) is 4.79 Å². The zero-order valence-electron chi connectivity index (χ0n) is 14.5. The summed E-state index contributed by atoms with van der Waals surface area (Å²) in [7, 11) is 1.65. The largest absolute Gasteiger partial charge is 0.399 e. The number of ether oxygens (including phenoxy) is 1. The van der Waals surface area contributed by atoms with Gasteiger partial charge >= 0.3 is 0 Å². The van der Waals surface area contributed by atoms with Crippen LogP contribution < -0.4 is 11.1 Å². The quantitative estimate of drug-likeness (QED) is 0.568. The Labute approximate surface area is 147 Å². The van der Waals surface area contributed by atoms with Crippen LogP contribution in [-0.4, -0.2) is 31.2 Å². The number of thiazole rings is 1. The smallest absolute Gasteiger partial charge is 0.226 e. The minimum absolute atomic E-state index is 0.00626. The van der Waals surface area contributed by atoms with Crippen LogP contribution >= 0.6 is 11.3 Å². The Bertz CT molecular complexity index is 665. The van der Waals surface area contributed by atoms with Crippen molar-refractivity contribution in [2.75, 3.05) is 26.0 Å². The van der Waals surface area contributed by atoms with E-state index in [4.69, 9.17) is 10.5 Å². The van der Waals surface area contributed by atoms with Gasteiger partial charge in [-0.05, 0) is 38.0 Å². The first-order chi connectivity index (χ1) is 11.4. The summed E-state index contributed by atoms with van der Waals surface area (Å²) in [6, 6.07) is 7.86. The van der Waals surface area contributed by atoms with Crippen LogP contribution in [0.5, 0.6) is 0 Å². The second-order valence-electron chi connectivity index (χ2n) is 6.26. The zero-order chi connectivity index (χ0) is 17.6. The fourth-order valence-corrected chi connectivity index (χ4v) is 3.34. The average Bonchev–Trinajstić information content (AvgIpc) is 3.01. The SMILES string of the molecule is COCCCNC(=O)Cc1csc(C(C)(C)c2ccc(N)cc2)n1. The normalized spacial score (nSPS) is 11.5. The second-order valence-corrected chi connectivity index (χ2v) is 7.12. The second kappa shape index (κ2) is 8.26. The topological polar surface area (TPSA) is 77.2 Å². The first-order valence-corrected chi connectivity index (χ1v) is 8.88. The summed E-state index contributed by atoms with van der Waals surface area (Å²) >= 11 is 1.59. The van der Waals surface area contributed by atoms with Crippen LogP contribution in [0, 0.1) is 0 Å². The minimum atomic E-state index is -0.217. The first kappa shape index (κ1) is 18.4. The fourth-order valence-electron chi connectivity index (χ4n) is 2.37. The van der Waals surface area contributed by atoms with Crippen molar-refractivity contribution in [2.24, 2.45) is 0 Å². The van der Waals surface area contributed by atoms with Gasteiger partial charge in [-0.1, -0.05) is 12.1 Å². The number of hydrogen-bond acceptors (Lipinski definition) is 5. The molecule has 0 fully saturated rings. The summed E-state index contributed by atoms with van der Waals surface area (Å²) in [6.07, 6.45) is 1.12. The highest BCUT2D eigenvalue weighted by molar-refractivity contribution is 7.09. The minimum Gasteiger partial charge on any atom is -0.399 e. The van der Waals surface area contributed by atoms with Crippen LogP contribution in [0.25, 0.3) is 0 Å². The van der Waals surface area contributed by atoms with Gasteiger partial charge in [0.05, 0.1) is 12.1 Å². The van der Waals surface area contributed by atoms with Gasteiger partial charge in [0.25, 0.3) is 0 Å². The summed E-state index contributed by atoms with van der Waals surface area (Å²) < 4.78 is 4.96. The standard InChI is InChI=1S/C18H25N3O2S/c1-18(2,13-5-7-14(19)8-6-13)17-21-15(12-24-17)11-16(22)20-9-4-10-23-3/h5-8,12H,4,9-11,19H2,1-3H3,(H,20,22). The van der Waals surface area contributed by atoms with Gasteiger partial charge in [-0.2, -0.15) is 0 Å². The highest BCUT2D eigenvalue weighted by atomic mass is 32.1. The number of benzene rings is 1. The van der Waals surface area contributed by atoms with Gasteiger partial charge < -0.3 is 15.8 Å². The maximum absolute atomic E-state index is 11.9. The molecule has 0 aliphatic carbocycles. The number of methoxy groups -OCH3 is 1. The highest BCUT2D eigenvalue weighted by Crippen LogP contribution is 2.33. The van der Waals surface area contributed by atoms with Crippen molar-refractivity contribution in [3.05, 3.63) is 45.9 Å². The van der Waals surface area contributed by atoms with E-state index < -0.39 is 0 Å². The third kappa shape index (κ3) is 4.79. The molecule has 2 rings (SSSR count). The van der Waals surface area contributed by atoms with Crippen LogP contribution in [0.3, 0.4) is 0 Å². The summed E-state index contributed by atoms with van der Waals surface area (Å²) in [5.74, 6) is -0.00626. The number of carbonyl (C=O) groups excluding carboxylic acids is 1. The molecule has 1 amide bonds. The lowest BCUT2D eigenvalue weighted by Crippen LogP contribution is -2.27. The van der Waals surface area contributed by atoms with Crippen LogP contribution in [-0.2, 0) is 21.4 Å². The lowest BCUT2D eigenvalue weighted by atomic mass is 9.85. The van der Waals surface area contributed by atoms with E-state index in [-0.39, 0.29) is 11.3 Å². The van der Waals surface area contributed by atoms with Crippen molar-refractivity contribution in [3.63, 3.8) is 0 Å². The predicted molar refractivity (Wildman–Crippen MR) is 98.3 cm³/mol. The van der Waals surface area contributed by atoms with E-state index in [0.29, 0.717) is 19.6 Å². The van der Waals surface area contributed by atoms with Crippen LogP contribution in [0.2, 0.25) is 0 Å². The number of amides is 1. The molecule has 0 saturated heterocycles. The highest BCUT2D eigenvalue weighted by Gasteiger charge is 2.26. The van der Waals surface area contributed by atoms with E-state index in [1.54, 1.807) is 18.4 Å². The molecule has 0 aliphatic rings. The zero-order valence-corrected chi connectivity index (χ0v) is 15.3. The molecule has 130 valence electrons. The first-order valence-electron chi connectivity index (χ1n) is 8.00. The molecule has 3 N–H and O–H groups in total. The van der Waals surface area contributed by atoms with Crippen molar-refractivity contribution in [3.8, 4) is 0 Å². The number of carbonyl (C=O) groups is 1. The summed E-state index contributed by atoms with van der Waals surface area (Å²) in [4.78, 5) is 16.6. The monoisotopic (exact) mass is 347 g/mol. The van der Waals surface area contributed by atoms with E-state index >= 15 is 0 Å². The molecule has 2 aromatic rings.